The molecule has 1 saturated heterocycles. The van der Waals surface area contributed by atoms with Crippen LogP contribution in [0.3, 0.4) is 0 Å². The van der Waals surface area contributed by atoms with Gasteiger partial charge in [-0.3, -0.25) is 4.79 Å². The number of aromatic nitrogens is 2. The van der Waals surface area contributed by atoms with Crippen LogP contribution in [0.2, 0.25) is 0 Å². The second kappa shape index (κ2) is 7.10. The molecule has 1 aliphatic carbocycles. The maximum atomic E-state index is 11.7. The van der Waals surface area contributed by atoms with Crippen molar-refractivity contribution in [3.8, 4) is 11.3 Å². The minimum absolute atomic E-state index is 0.0245. The minimum Gasteiger partial charge on any atom is -0.390 e. The Bertz CT molecular complexity index is 956. The first-order valence-electron chi connectivity index (χ1n) is 10.7. The lowest BCUT2D eigenvalue weighted by Crippen LogP contribution is -2.40. The topological polar surface area (TPSA) is 78.3 Å². The van der Waals surface area contributed by atoms with E-state index in [4.69, 9.17) is 9.97 Å². The molecule has 0 radical (unpaired) electrons. The molecule has 6 nitrogen and oxygen atoms in total. The van der Waals surface area contributed by atoms with Crippen molar-refractivity contribution in [1.29, 1.82) is 0 Å². The predicted octanol–water partition coefficient (Wildman–Crippen LogP) is 3.60. The standard InChI is InChI=1S/C23H28N4O2/c1-15-21(17-5-4-16-13-20(29)25-18(16)12-17)26-19(14-28)22(24-15)27-10-8-23(9-11-27)6-2-3-7-23/h4-5,12,28H,2-3,6-11,13-14H2,1H3,(H,25,29). The molecule has 0 bridgehead atoms. The molecule has 3 heterocycles. The molecular formula is C23H28N4O2. The van der Waals surface area contributed by atoms with Gasteiger partial charge in [-0.25, -0.2) is 9.97 Å². The summed E-state index contributed by atoms with van der Waals surface area (Å²) in [6.07, 6.45) is 8.33. The van der Waals surface area contributed by atoms with Crippen LogP contribution >= 0.6 is 0 Å². The lowest BCUT2D eigenvalue weighted by molar-refractivity contribution is -0.115. The van der Waals surface area contributed by atoms with E-state index in [-0.39, 0.29) is 12.5 Å². The quantitative estimate of drug-likeness (QED) is 0.834. The first-order chi connectivity index (χ1) is 14.1. The molecule has 2 aliphatic heterocycles. The number of aliphatic hydroxyl groups excluding tert-OH is 1. The van der Waals surface area contributed by atoms with Gasteiger partial charge in [-0.1, -0.05) is 25.0 Å². The Hall–Kier alpha value is -2.47. The third-order valence-corrected chi connectivity index (χ3v) is 7.07. The van der Waals surface area contributed by atoms with Gasteiger partial charge in [0.15, 0.2) is 5.82 Å². The van der Waals surface area contributed by atoms with Crippen molar-refractivity contribution in [2.24, 2.45) is 5.41 Å². The van der Waals surface area contributed by atoms with Crippen LogP contribution in [0.1, 0.15) is 55.5 Å². The maximum absolute atomic E-state index is 11.7. The Morgan fingerprint density at radius 3 is 2.62 bits per heavy atom. The third-order valence-electron chi connectivity index (χ3n) is 7.07. The molecule has 2 N–H and O–H groups in total. The number of nitrogens with one attached hydrogen (secondary N) is 1. The van der Waals surface area contributed by atoms with Crippen LogP contribution in [0.4, 0.5) is 11.5 Å². The van der Waals surface area contributed by atoms with E-state index in [1.807, 2.05) is 25.1 Å². The number of hydrogen-bond acceptors (Lipinski definition) is 5. The summed E-state index contributed by atoms with van der Waals surface area (Å²) in [6, 6.07) is 5.92. The van der Waals surface area contributed by atoms with Crippen LogP contribution in [0.5, 0.6) is 0 Å². The molecule has 2 fully saturated rings. The van der Waals surface area contributed by atoms with Crippen LogP contribution < -0.4 is 10.2 Å². The summed E-state index contributed by atoms with van der Waals surface area (Å²) < 4.78 is 0. The van der Waals surface area contributed by atoms with Gasteiger partial charge >= 0.3 is 0 Å². The number of carbonyl (C=O) groups is 1. The van der Waals surface area contributed by atoms with Gasteiger partial charge in [0.25, 0.3) is 0 Å². The number of rotatable bonds is 3. The summed E-state index contributed by atoms with van der Waals surface area (Å²) >= 11 is 0. The van der Waals surface area contributed by atoms with E-state index in [1.54, 1.807) is 0 Å². The third kappa shape index (κ3) is 3.29. The van der Waals surface area contributed by atoms with Gasteiger partial charge in [0.1, 0.15) is 5.69 Å². The highest BCUT2D eigenvalue weighted by atomic mass is 16.3. The Labute approximate surface area is 171 Å². The summed E-state index contributed by atoms with van der Waals surface area (Å²) in [5.41, 5.74) is 5.58. The molecule has 3 aliphatic rings. The first kappa shape index (κ1) is 18.6. The molecule has 2 aromatic rings. The summed E-state index contributed by atoms with van der Waals surface area (Å²) in [6.45, 7) is 3.83. The summed E-state index contributed by atoms with van der Waals surface area (Å²) in [5, 5.41) is 12.9. The van der Waals surface area contributed by atoms with Crippen LogP contribution in [0.25, 0.3) is 11.3 Å². The highest BCUT2D eigenvalue weighted by molar-refractivity contribution is 5.99. The van der Waals surface area contributed by atoms with E-state index < -0.39 is 0 Å². The lowest BCUT2D eigenvalue weighted by Gasteiger charge is -2.40. The smallest absolute Gasteiger partial charge is 0.228 e. The van der Waals surface area contributed by atoms with Crippen molar-refractivity contribution < 1.29 is 9.90 Å². The molecule has 6 heteroatoms. The second-order valence-corrected chi connectivity index (χ2v) is 8.88. The number of aryl methyl sites for hydroxylation is 1. The fourth-order valence-electron chi connectivity index (χ4n) is 5.35. The Morgan fingerprint density at radius 2 is 1.90 bits per heavy atom. The highest BCUT2D eigenvalue weighted by Gasteiger charge is 2.37. The van der Waals surface area contributed by atoms with E-state index in [2.05, 4.69) is 10.2 Å². The molecule has 1 amide bonds. The average Bonchev–Trinajstić information content (AvgIpc) is 3.33. The minimum atomic E-state index is -0.126. The molecule has 1 saturated carbocycles. The Balaban J connectivity index is 1.43. The van der Waals surface area contributed by atoms with E-state index in [1.165, 1.54) is 38.5 Å². The zero-order valence-electron chi connectivity index (χ0n) is 17.0. The van der Waals surface area contributed by atoms with Crippen molar-refractivity contribution >= 4 is 17.4 Å². The van der Waals surface area contributed by atoms with E-state index in [0.29, 0.717) is 17.5 Å². The monoisotopic (exact) mass is 392 g/mol. The van der Waals surface area contributed by atoms with Gasteiger partial charge in [0.05, 0.1) is 24.4 Å². The Kier molecular flexibility index (Phi) is 4.54. The zero-order chi connectivity index (χ0) is 20.0. The summed E-state index contributed by atoms with van der Waals surface area (Å²) in [7, 11) is 0. The Morgan fingerprint density at radius 1 is 1.14 bits per heavy atom. The van der Waals surface area contributed by atoms with E-state index in [9.17, 15) is 9.90 Å². The molecule has 0 unspecified atom stereocenters. The van der Waals surface area contributed by atoms with E-state index in [0.717, 1.165) is 47.1 Å². The van der Waals surface area contributed by atoms with Crippen LogP contribution in [0.15, 0.2) is 18.2 Å². The molecule has 1 spiro atoms. The lowest BCUT2D eigenvalue weighted by atomic mass is 9.77. The van der Waals surface area contributed by atoms with Gasteiger partial charge < -0.3 is 15.3 Å². The summed E-state index contributed by atoms with van der Waals surface area (Å²) in [4.78, 5) is 23.6. The molecule has 1 aromatic carbocycles. The normalized spacial score (nSPS) is 20.2. The number of hydrogen-bond donors (Lipinski definition) is 2. The van der Waals surface area contributed by atoms with Gasteiger partial charge in [-0.15, -0.1) is 0 Å². The number of aliphatic hydroxyl groups is 1. The summed E-state index contributed by atoms with van der Waals surface area (Å²) in [5.74, 6) is 0.854. The molecular weight excluding hydrogens is 364 g/mol. The van der Waals surface area contributed by atoms with Crippen LogP contribution in [-0.4, -0.2) is 34.1 Å². The van der Waals surface area contributed by atoms with Crippen molar-refractivity contribution in [2.75, 3.05) is 23.3 Å². The van der Waals surface area contributed by atoms with Crippen LogP contribution in [0, 0.1) is 12.3 Å². The molecule has 1 aromatic heterocycles. The number of piperidine rings is 1. The largest absolute Gasteiger partial charge is 0.390 e. The number of anilines is 2. The van der Waals surface area contributed by atoms with Crippen molar-refractivity contribution in [2.45, 2.75) is 58.5 Å². The molecule has 29 heavy (non-hydrogen) atoms. The predicted molar refractivity (Wildman–Crippen MR) is 113 cm³/mol. The zero-order valence-corrected chi connectivity index (χ0v) is 17.0. The SMILES string of the molecule is Cc1nc(N2CCC3(CCCC3)CC2)c(CO)nc1-c1ccc2c(c1)NC(=O)C2. The number of benzene rings is 1. The van der Waals surface area contributed by atoms with Crippen molar-refractivity contribution in [1.82, 2.24) is 9.97 Å². The van der Waals surface area contributed by atoms with Gasteiger partial charge in [0.2, 0.25) is 5.91 Å². The molecule has 152 valence electrons. The fourth-order valence-corrected chi connectivity index (χ4v) is 5.35. The van der Waals surface area contributed by atoms with E-state index >= 15 is 0 Å². The first-order valence-corrected chi connectivity index (χ1v) is 10.7. The average molecular weight is 393 g/mol. The maximum Gasteiger partial charge on any atom is 0.228 e. The van der Waals surface area contributed by atoms with Crippen molar-refractivity contribution in [3.05, 3.63) is 35.2 Å². The molecule has 0 atom stereocenters. The van der Waals surface area contributed by atoms with Gasteiger partial charge in [-0.2, -0.15) is 0 Å². The number of nitrogens with zero attached hydrogens (tertiary/aromatic N) is 3. The molecule has 5 rings (SSSR count). The number of amides is 1. The second-order valence-electron chi connectivity index (χ2n) is 8.88. The van der Waals surface area contributed by atoms with Crippen LogP contribution in [-0.2, 0) is 17.8 Å². The van der Waals surface area contributed by atoms with Gasteiger partial charge in [-0.05, 0) is 49.7 Å². The fraction of sp³-hybridized carbons (Fsp3) is 0.522. The van der Waals surface area contributed by atoms with Gasteiger partial charge in [0, 0.05) is 24.3 Å². The number of fused-ring (bicyclic) bond motifs is 1. The van der Waals surface area contributed by atoms with Crippen molar-refractivity contribution in [3.63, 3.8) is 0 Å². The highest BCUT2D eigenvalue weighted by Crippen LogP contribution is 2.46. The number of carbonyl (C=O) groups excluding carboxylic acids is 1.